The number of carbonyl (C=O) groups is 2. The fourth-order valence-corrected chi connectivity index (χ4v) is 4.87. The van der Waals surface area contributed by atoms with Crippen molar-refractivity contribution in [2.75, 3.05) is 20.0 Å². The van der Waals surface area contributed by atoms with Crippen LogP contribution < -0.4 is 9.50 Å². The molecule has 0 saturated carbocycles. The number of rotatable bonds is 9. The number of hydrogen-bond donors (Lipinski definition) is 1. The molecule has 1 unspecified atom stereocenters. The van der Waals surface area contributed by atoms with E-state index in [1.165, 1.54) is 19.2 Å². The van der Waals surface area contributed by atoms with Crippen molar-refractivity contribution in [2.45, 2.75) is 24.8 Å². The molecule has 0 aliphatic heterocycles. The molecule has 1 amide bonds. The minimum atomic E-state index is -3.63. The Morgan fingerprint density at radius 1 is 0.917 bits per heavy atom. The second-order valence-electron chi connectivity index (χ2n) is 8.58. The zero-order valence-corrected chi connectivity index (χ0v) is 20.8. The maximum absolute atomic E-state index is 12.7. The lowest BCUT2D eigenvalue weighted by Crippen LogP contribution is -2.39. The van der Waals surface area contributed by atoms with E-state index >= 15 is 0 Å². The summed E-state index contributed by atoms with van der Waals surface area (Å²) in [5.74, 6) is -0.379. The summed E-state index contributed by atoms with van der Waals surface area (Å²) in [6.45, 7) is 0.155. The van der Waals surface area contributed by atoms with Gasteiger partial charge in [-0.05, 0) is 46.4 Å². The Morgan fingerprint density at radius 3 is 2.06 bits per heavy atom. The van der Waals surface area contributed by atoms with E-state index in [2.05, 4.69) is 17.4 Å². The second kappa shape index (κ2) is 10.8. The van der Waals surface area contributed by atoms with Crippen LogP contribution in [0.3, 0.4) is 0 Å². The van der Waals surface area contributed by atoms with E-state index in [0.717, 1.165) is 34.1 Å². The summed E-state index contributed by atoms with van der Waals surface area (Å²) in [4.78, 5) is 24.7. The van der Waals surface area contributed by atoms with E-state index in [-0.39, 0.29) is 24.7 Å². The number of fused-ring (bicyclic) bond motifs is 3. The van der Waals surface area contributed by atoms with Crippen LogP contribution in [0.2, 0.25) is 0 Å². The lowest BCUT2D eigenvalue weighted by atomic mass is 9.98. The summed E-state index contributed by atoms with van der Waals surface area (Å²) in [7, 11) is -2.35. The van der Waals surface area contributed by atoms with E-state index in [4.69, 9.17) is 13.7 Å². The molecule has 36 heavy (non-hydrogen) atoms. The minimum Gasteiger partial charge on any atom is -0.469 e. The van der Waals surface area contributed by atoms with Crippen LogP contribution in [0.25, 0.3) is 11.1 Å². The molecule has 1 aliphatic carbocycles. The summed E-state index contributed by atoms with van der Waals surface area (Å²) in [6, 6.07) is 21.9. The van der Waals surface area contributed by atoms with Gasteiger partial charge in [0.15, 0.2) is 0 Å². The molecule has 0 saturated heterocycles. The summed E-state index contributed by atoms with van der Waals surface area (Å²) in [6.07, 6.45) is 0.578. The van der Waals surface area contributed by atoms with Crippen LogP contribution in [0, 0.1) is 0 Å². The van der Waals surface area contributed by atoms with Crippen LogP contribution in [0.4, 0.5) is 4.79 Å². The van der Waals surface area contributed by atoms with Crippen molar-refractivity contribution in [1.82, 2.24) is 5.32 Å². The Kier molecular flexibility index (Phi) is 7.59. The minimum absolute atomic E-state index is 0.0533. The van der Waals surface area contributed by atoms with Crippen molar-refractivity contribution in [3.8, 4) is 16.9 Å². The van der Waals surface area contributed by atoms with Gasteiger partial charge in [-0.2, -0.15) is 8.42 Å². The third-order valence-corrected chi connectivity index (χ3v) is 6.45. The van der Waals surface area contributed by atoms with E-state index in [1.807, 2.05) is 36.4 Å². The lowest BCUT2D eigenvalue weighted by Gasteiger charge is -2.19. The number of hydrogen-bond acceptors (Lipinski definition) is 7. The first-order valence-corrected chi connectivity index (χ1v) is 13.2. The predicted octanol–water partition coefficient (Wildman–Crippen LogP) is 4.04. The van der Waals surface area contributed by atoms with Crippen LogP contribution >= 0.6 is 0 Å². The van der Waals surface area contributed by atoms with Gasteiger partial charge in [0.25, 0.3) is 0 Å². The molecule has 3 aromatic rings. The van der Waals surface area contributed by atoms with Gasteiger partial charge < -0.3 is 19.0 Å². The average molecular weight is 510 g/mol. The first kappa shape index (κ1) is 25.2. The third-order valence-electron chi connectivity index (χ3n) is 5.96. The van der Waals surface area contributed by atoms with Crippen LogP contribution in [0.5, 0.6) is 5.75 Å². The molecule has 9 heteroatoms. The average Bonchev–Trinajstić information content (AvgIpc) is 3.16. The molecular formula is C27H27NO7S. The quantitative estimate of drug-likeness (QED) is 0.343. The zero-order valence-electron chi connectivity index (χ0n) is 20.0. The number of carbonyl (C=O) groups excluding carboxylic acids is 2. The molecule has 3 aromatic carbocycles. The molecule has 1 N–H and O–H groups in total. The van der Waals surface area contributed by atoms with Crippen molar-refractivity contribution in [3.05, 3.63) is 89.5 Å². The highest BCUT2D eigenvalue weighted by atomic mass is 32.2. The maximum Gasteiger partial charge on any atom is 0.407 e. The Labute approximate surface area is 210 Å². The Balaban J connectivity index is 1.41. The van der Waals surface area contributed by atoms with E-state index in [9.17, 15) is 18.0 Å². The van der Waals surface area contributed by atoms with Crippen LogP contribution in [0.15, 0.2) is 72.8 Å². The Bertz CT molecular complexity index is 1310. The Morgan fingerprint density at radius 2 is 1.50 bits per heavy atom. The van der Waals surface area contributed by atoms with Crippen LogP contribution in [0.1, 0.15) is 29.0 Å². The number of methoxy groups -OCH3 is 1. The highest BCUT2D eigenvalue weighted by Gasteiger charge is 2.29. The first-order chi connectivity index (χ1) is 17.2. The molecule has 0 radical (unpaired) electrons. The largest absolute Gasteiger partial charge is 0.469 e. The van der Waals surface area contributed by atoms with E-state index in [0.29, 0.717) is 6.42 Å². The normalized spacial score (nSPS) is 13.3. The summed E-state index contributed by atoms with van der Waals surface area (Å²) < 4.78 is 37.8. The number of ether oxygens (including phenoxy) is 2. The summed E-state index contributed by atoms with van der Waals surface area (Å²) in [5.41, 5.74) is 5.25. The molecule has 8 nitrogen and oxygen atoms in total. The molecule has 188 valence electrons. The smallest absolute Gasteiger partial charge is 0.407 e. The number of alkyl carbamates (subject to hydrolysis) is 1. The SMILES string of the molecule is COC(=O)CC(Cc1ccc(OS(C)(=O)=O)cc1)NC(=O)OCC1c2ccccc2-c2ccccc21. The Hall–Kier alpha value is -3.85. The highest BCUT2D eigenvalue weighted by Crippen LogP contribution is 2.44. The summed E-state index contributed by atoms with van der Waals surface area (Å²) in [5, 5.41) is 2.77. The zero-order chi connectivity index (χ0) is 25.7. The van der Waals surface area contributed by atoms with Crippen molar-refractivity contribution in [2.24, 2.45) is 0 Å². The van der Waals surface area contributed by atoms with Gasteiger partial charge in [-0.25, -0.2) is 4.79 Å². The second-order valence-corrected chi connectivity index (χ2v) is 10.2. The van der Waals surface area contributed by atoms with Gasteiger partial charge >= 0.3 is 22.2 Å². The standard InChI is InChI=1S/C27H27NO7S/c1-33-26(29)16-19(15-18-11-13-20(14-12-18)35-36(2,31)32)28-27(30)34-17-25-23-9-5-3-7-21(23)22-8-4-6-10-24(22)25/h3-14,19,25H,15-17H2,1-2H3,(H,28,30). The van der Waals surface area contributed by atoms with Crippen molar-refractivity contribution in [3.63, 3.8) is 0 Å². The van der Waals surface area contributed by atoms with Crippen molar-refractivity contribution >= 4 is 22.2 Å². The third kappa shape index (κ3) is 6.23. The van der Waals surface area contributed by atoms with Gasteiger partial charge in [0.2, 0.25) is 0 Å². The van der Waals surface area contributed by atoms with Gasteiger partial charge in [0.05, 0.1) is 19.8 Å². The lowest BCUT2D eigenvalue weighted by molar-refractivity contribution is -0.141. The van der Waals surface area contributed by atoms with Gasteiger partial charge in [0, 0.05) is 12.0 Å². The number of nitrogens with one attached hydrogen (secondary N) is 1. The molecule has 0 aromatic heterocycles. The fraction of sp³-hybridized carbons (Fsp3) is 0.259. The van der Waals surface area contributed by atoms with Crippen LogP contribution in [-0.2, 0) is 30.8 Å². The number of amides is 1. The highest BCUT2D eigenvalue weighted by molar-refractivity contribution is 7.86. The van der Waals surface area contributed by atoms with E-state index in [1.54, 1.807) is 12.1 Å². The molecule has 1 atom stereocenters. The molecule has 0 bridgehead atoms. The molecule has 0 heterocycles. The number of benzene rings is 3. The monoisotopic (exact) mass is 509 g/mol. The molecule has 1 aliphatic rings. The van der Waals surface area contributed by atoms with Gasteiger partial charge in [-0.1, -0.05) is 60.7 Å². The molecule has 0 fully saturated rings. The maximum atomic E-state index is 12.7. The topological polar surface area (TPSA) is 108 Å². The van der Waals surface area contributed by atoms with Crippen molar-refractivity contribution < 1.29 is 31.7 Å². The predicted molar refractivity (Wildman–Crippen MR) is 134 cm³/mol. The van der Waals surface area contributed by atoms with Gasteiger partial charge in [-0.3, -0.25) is 4.79 Å². The van der Waals surface area contributed by atoms with Crippen LogP contribution in [-0.4, -0.2) is 46.5 Å². The fourth-order valence-electron chi connectivity index (χ4n) is 4.41. The molecular weight excluding hydrogens is 482 g/mol. The molecule has 0 spiro atoms. The molecule has 4 rings (SSSR count). The van der Waals surface area contributed by atoms with Crippen molar-refractivity contribution in [1.29, 1.82) is 0 Å². The summed E-state index contributed by atoms with van der Waals surface area (Å²) >= 11 is 0. The van der Waals surface area contributed by atoms with E-state index < -0.39 is 28.2 Å². The first-order valence-electron chi connectivity index (χ1n) is 11.4. The van der Waals surface area contributed by atoms with Gasteiger partial charge in [-0.15, -0.1) is 0 Å². The van der Waals surface area contributed by atoms with Gasteiger partial charge in [0.1, 0.15) is 12.4 Å². The number of esters is 1.